The number of esters is 1. The van der Waals surface area contributed by atoms with Gasteiger partial charge in [0.1, 0.15) is 18.2 Å². The van der Waals surface area contributed by atoms with Gasteiger partial charge in [0.2, 0.25) is 5.71 Å². The molecule has 1 aromatic rings. The fourth-order valence-electron chi connectivity index (χ4n) is 1.90. The molecule has 7 heteroatoms. The maximum Gasteiger partial charge on any atom is 0.328 e. The number of nitrogens with one attached hydrogen (secondary N) is 2. The summed E-state index contributed by atoms with van der Waals surface area (Å²) in [5.74, 6) is -0.315. The summed E-state index contributed by atoms with van der Waals surface area (Å²) in [6, 6.07) is 8.29. The summed E-state index contributed by atoms with van der Waals surface area (Å²) in [6.45, 7) is 0. The third-order valence-corrected chi connectivity index (χ3v) is 2.86. The summed E-state index contributed by atoms with van der Waals surface area (Å²) in [4.78, 5) is 11.5. The molecule has 0 aromatic heterocycles. The van der Waals surface area contributed by atoms with Gasteiger partial charge in [-0.15, -0.1) is 0 Å². The van der Waals surface area contributed by atoms with Gasteiger partial charge in [-0.05, 0) is 17.7 Å². The van der Waals surface area contributed by atoms with Crippen LogP contribution in [0.25, 0.3) is 0 Å². The molecule has 0 spiro atoms. The largest absolute Gasteiger partial charge is 0.467 e. The van der Waals surface area contributed by atoms with Gasteiger partial charge in [0, 0.05) is 12.1 Å². The molecule has 0 saturated heterocycles. The minimum absolute atomic E-state index is 0.258. The molecule has 0 saturated carbocycles. The zero-order valence-corrected chi connectivity index (χ0v) is 10.7. The number of hydrazone groups is 1. The molecule has 2 N–H and O–H groups in total. The lowest BCUT2D eigenvalue weighted by Crippen LogP contribution is -2.27. The number of ether oxygens (including phenoxy) is 1. The second-order valence-electron chi connectivity index (χ2n) is 4.09. The molecule has 0 amide bonds. The van der Waals surface area contributed by atoms with E-state index >= 15 is 0 Å². The van der Waals surface area contributed by atoms with Crippen LogP contribution < -0.4 is 10.7 Å². The normalized spacial score (nSPS) is 15.1. The molecule has 1 atom stereocenters. The summed E-state index contributed by atoms with van der Waals surface area (Å²) in [5, 5.41) is 23.8. The molecule has 2 rings (SSSR count). The third kappa shape index (κ3) is 2.68. The minimum Gasteiger partial charge on any atom is -0.467 e. The second-order valence-corrected chi connectivity index (χ2v) is 4.09. The molecule has 1 heterocycles. The van der Waals surface area contributed by atoms with Crippen molar-refractivity contribution in [2.24, 2.45) is 5.10 Å². The maximum atomic E-state index is 11.5. The molecule has 1 unspecified atom stereocenters. The highest BCUT2D eigenvalue weighted by molar-refractivity contribution is 6.10. The zero-order valence-electron chi connectivity index (χ0n) is 10.7. The number of nitrogens with zero attached hydrogens (tertiary/aromatic N) is 3. The summed E-state index contributed by atoms with van der Waals surface area (Å²) < 4.78 is 4.69. The lowest BCUT2D eigenvalue weighted by molar-refractivity contribution is -0.141. The minimum atomic E-state index is -0.387. The quantitative estimate of drug-likeness (QED) is 0.481. The van der Waals surface area contributed by atoms with Crippen LogP contribution >= 0.6 is 0 Å². The predicted molar refractivity (Wildman–Crippen MR) is 71.9 cm³/mol. The van der Waals surface area contributed by atoms with E-state index in [1.807, 2.05) is 6.07 Å². The highest BCUT2D eigenvalue weighted by Crippen LogP contribution is 2.29. The number of methoxy groups -OCH3 is 1. The molecule has 0 bridgehead atoms. The zero-order chi connectivity index (χ0) is 14.5. The van der Waals surface area contributed by atoms with Crippen molar-refractivity contribution in [2.75, 3.05) is 17.9 Å². The average Bonchev–Trinajstić information content (AvgIpc) is 2.90. The molecule has 20 heavy (non-hydrogen) atoms. The van der Waals surface area contributed by atoms with Crippen molar-refractivity contribution in [1.82, 2.24) is 0 Å². The van der Waals surface area contributed by atoms with E-state index in [2.05, 4.69) is 15.8 Å². The number of fused-ring (bicyclic) bond motifs is 1. The second kappa shape index (κ2) is 5.72. The van der Waals surface area contributed by atoms with Crippen LogP contribution in [0, 0.1) is 22.7 Å². The van der Waals surface area contributed by atoms with Crippen LogP contribution in [-0.4, -0.2) is 24.8 Å². The summed E-state index contributed by atoms with van der Waals surface area (Å²) in [6.07, 6.45) is 0.563. The van der Waals surface area contributed by atoms with Gasteiger partial charge in [0.15, 0.2) is 0 Å². The Morgan fingerprint density at radius 3 is 2.90 bits per heavy atom. The number of rotatable bonds is 3. The van der Waals surface area contributed by atoms with Gasteiger partial charge in [-0.1, -0.05) is 6.07 Å². The van der Waals surface area contributed by atoms with E-state index in [0.717, 1.165) is 11.3 Å². The van der Waals surface area contributed by atoms with E-state index in [0.29, 0.717) is 12.1 Å². The lowest BCUT2D eigenvalue weighted by Gasteiger charge is -2.08. The monoisotopic (exact) mass is 269 g/mol. The Hall–Kier alpha value is -3.06. The smallest absolute Gasteiger partial charge is 0.328 e. The van der Waals surface area contributed by atoms with E-state index in [1.54, 1.807) is 24.3 Å². The average molecular weight is 269 g/mol. The Morgan fingerprint density at radius 1 is 1.50 bits per heavy atom. The third-order valence-electron chi connectivity index (χ3n) is 2.86. The fourth-order valence-corrected chi connectivity index (χ4v) is 1.90. The Labute approximate surface area is 115 Å². The van der Waals surface area contributed by atoms with Gasteiger partial charge < -0.3 is 10.1 Å². The van der Waals surface area contributed by atoms with Gasteiger partial charge in [-0.2, -0.15) is 15.6 Å². The van der Waals surface area contributed by atoms with E-state index in [9.17, 15) is 4.79 Å². The standard InChI is InChI=1S/C13H11N5O2/c1-20-13(19)12-4-8-2-3-9(5-11(8)16-12)17-18-10(6-14)7-15/h2-3,5,12,16-17H,4H2,1H3. The SMILES string of the molecule is COC(=O)C1Cc2ccc(NN=C(C#N)C#N)cc2N1. The van der Waals surface area contributed by atoms with Gasteiger partial charge >= 0.3 is 5.97 Å². The van der Waals surface area contributed by atoms with Crippen LogP contribution in [-0.2, 0) is 16.0 Å². The lowest BCUT2D eigenvalue weighted by atomic mass is 10.1. The van der Waals surface area contributed by atoms with Crippen LogP contribution in [0.15, 0.2) is 23.3 Å². The van der Waals surface area contributed by atoms with Crippen molar-refractivity contribution in [3.63, 3.8) is 0 Å². The highest BCUT2D eigenvalue weighted by Gasteiger charge is 2.27. The van der Waals surface area contributed by atoms with Crippen LogP contribution in [0.4, 0.5) is 11.4 Å². The number of carbonyl (C=O) groups excluding carboxylic acids is 1. The number of nitriles is 2. The van der Waals surface area contributed by atoms with Crippen LogP contribution in [0.1, 0.15) is 5.56 Å². The first-order valence-electron chi connectivity index (χ1n) is 5.79. The van der Waals surface area contributed by atoms with E-state index in [4.69, 9.17) is 15.3 Å². The van der Waals surface area contributed by atoms with Crippen molar-refractivity contribution in [3.05, 3.63) is 23.8 Å². The molecule has 0 aliphatic carbocycles. The molecule has 1 aliphatic heterocycles. The fraction of sp³-hybridized carbons (Fsp3) is 0.231. The van der Waals surface area contributed by atoms with Gasteiger partial charge in [0.25, 0.3) is 0 Å². The number of hydrogen-bond acceptors (Lipinski definition) is 7. The number of carbonyl (C=O) groups is 1. The first-order chi connectivity index (χ1) is 9.67. The van der Waals surface area contributed by atoms with E-state index < -0.39 is 0 Å². The van der Waals surface area contributed by atoms with Crippen molar-refractivity contribution >= 4 is 23.1 Å². The highest BCUT2D eigenvalue weighted by atomic mass is 16.5. The van der Waals surface area contributed by atoms with Crippen LogP contribution in [0.5, 0.6) is 0 Å². The Bertz CT molecular complexity index is 638. The van der Waals surface area contributed by atoms with Gasteiger partial charge in [0.05, 0.1) is 12.8 Å². The maximum absolute atomic E-state index is 11.5. The summed E-state index contributed by atoms with van der Waals surface area (Å²) in [5.41, 5.74) is 4.78. The van der Waals surface area contributed by atoms with Crippen molar-refractivity contribution < 1.29 is 9.53 Å². The van der Waals surface area contributed by atoms with Crippen LogP contribution in [0.3, 0.4) is 0 Å². The van der Waals surface area contributed by atoms with E-state index in [1.165, 1.54) is 7.11 Å². The first-order valence-corrected chi connectivity index (χ1v) is 5.79. The molecule has 1 aliphatic rings. The molecule has 0 fully saturated rings. The number of benzene rings is 1. The number of hydrogen-bond donors (Lipinski definition) is 2. The van der Waals surface area contributed by atoms with Gasteiger partial charge in [-0.3, -0.25) is 5.43 Å². The van der Waals surface area contributed by atoms with Crippen LogP contribution in [0.2, 0.25) is 0 Å². The first kappa shape index (κ1) is 13.4. The molecule has 100 valence electrons. The Balaban J connectivity index is 2.13. The summed E-state index contributed by atoms with van der Waals surface area (Å²) >= 11 is 0. The topological polar surface area (TPSA) is 110 Å². The Kier molecular flexibility index (Phi) is 3.82. The molecular weight excluding hydrogens is 258 g/mol. The summed E-state index contributed by atoms with van der Waals surface area (Å²) in [7, 11) is 1.35. The van der Waals surface area contributed by atoms with Crippen molar-refractivity contribution in [2.45, 2.75) is 12.5 Å². The van der Waals surface area contributed by atoms with Crippen molar-refractivity contribution in [1.29, 1.82) is 10.5 Å². The molecular formula is C13H11N5O2. The Morgan fingerprint density at radius 2 is 2.25 bits per heavy atom. The van der Waals surface area contributed by atoms with Gasteiger partial charge in [-0.25, -0.2) is 4.79 Å². The van der Waals surface area contributed by atoms with Crippen molar-refractivity contribution in [3.8, 4) is 12.1 Å². The molecule has 0 radical (unpaired) electrons. The molecule has 1 aromatic carbocycles. The number of anilines is 2. The predicted octanol–water partition coefficient (Wildman–Crippen LogP) is 1.01. The van der Waals surface area contributed by atoms with E-state index in [-0.39, 0.29) is 17.7 Å². The molecule has 7 nitrogen and oxygen atoms in total.